The maximum absolute atomic E-state index is 10.9. The summed E-state index contributed by atoms with van der Waals surface area (Å²) in [7, 11) is 0. The molecule has 2 aliphatic heterocycles. The van der Waals surface area contributed by atoms with Gasteiger partial charge in [0.1, 0.15) is 6.04 Å². The number of likely N-dealkylation sites (tertiary alicyclic amines) is 1. The van der Waals surface area contributed by atoms with Gasteiger partial charge < -0.3 is 10.0 Å². The standard InChI is InChI=1S/C9H14N2O2/c12-9(13)7-3-2-6-11(7)8-4-1-5-10-8/h7H,1-6H2,(H,12,13). The Hall–Kier alpha value is -1.06. The van der Waals surface area contributed by atoms with Gasteiger partial charge in [-0.2, -0.15) is 0 Å². The zero-order valence-electron chi connectivity index (χ0n) is 7.57. The molecule has 2 rings (SSSR count). The van der Waals surface area contributed by atoms with Crippen molar-refractivity contribution in [1.82, 2.24) is 4.90 Å². The summed E-state index contributed by atoms with van der Waals surface area (Å²) < 4.78 is 0. The number of rotatable bonds is 1. The fraction of sp³-hybridized carbons (Fsp3) is 0.778. The lowest BCUT2D eigenvalue weighted by Crippen LogP contribution is -2.39. The van der Waals surface area contributed by atoms with Crippen molar-refractivity contribution in [2.75, 3.05) is 13.1 Å². The first kappa shape index (κ1) is 8.53. The molecule has 1 atom stereocenters. The summed E-state index contributed by atoms with van der Waals surface area (Å²) in [5, 5.41) is 8.95. The summed E-state index contributed by atoms with van der Waals surface area (Å²) >= 11 is 0. The first-order chi connectivity index (χ1) is 6.29. The van der Waals surface area contributed by atoms with Gasteiger partial charge in [0.25, 0.3) is 0 Å². The first-order valence-corrected chi connectivity index (χ1v) is 4.82. The lowest BCUT2D eigenvalue weighted by Gasteiger charge is -2.22. The molecule has 2 aliphatic rings. The third kappa shape index (κ3) is 1.53. The Bertz CT molecular complexity index is 250. The van der Waals surface area contributed by atoms with Crippen LogP contribution in [0.25, 0.3) is 0 Å². The number of hydrogen-bond donors (Lipinski definition) is 1. The molecule has 0 radical (unpaired) electrons. The van der Waals surface area contributed by atoms with E-state index in [-0.39, 0.29) is 6.04 Å². The van der Waals surface area contributed by atoms with E-state index in [2.05, 4.69) is 4.99 Å². The first-order valence-electron chi connectivity index (χ1n) is 4.82. The van der Waals surface area contributed by atoms with Gasteiger partial charge in [-0.15, -0.1) is 0 Å². The van der Waals surface area contributed by atoms with Crippen molar-refractivity contribution in [1.29, 1.82) is 0 Å². The Morgan fingerprint density at radius 2 is 2.38 bits per heavy atom. The van der Waals surface area contributed by atoms with Crippen LogP contribution in [-0.4, -0.2) is 40.9 Å². The number of carboxylic acids is 1. The van der Waals surface area contributed by atoms with E-state index < -0.39 is 5.97 Å². The van der Waals surface area contributed by atoms with Crippen LogP contribution in [0.15, 0.2) is 4.99 Å². The van der Waals surface area contributed by atoms with E-state index in [0.29, 0.717) is 0 Å². The number of nitrogens with zero attached hydrogens (tertiary/aromatic N) is 2. The Morgan fingerprint density at radius 1 is 1.54 bits per heavy atom. The fourth-order valence-corrected chi connectivity index (χ4v) is 2.09. The molecule has 0 saturated carbocycles. The molecule has 0 aromatic rings. The highest BCUT2D eigenvalue weighted by molar-refractivity contribution is 5.88. The SMILES string of the molecule is O=C(O)C1CCCN1C1=NCCC1. The smallest absolute Gasteiger partial charge is 0.326 e. The largest absolute Gasteiger partial charge is 0.480 e. The predicted octanol–water partition coefficient (Wildman–Crippen LogP) is 0.728. The minimum absolute atomic E-state index is 0.308. The molecular weight excluding hydrogens is 168 g/mol. The van der Waals surface area contributed by atoms with Gasteiger partial charge in [0.15, 0.2) is 0 Å². The molecule has 0 spiro atoms. The van der Waals surface area contributed by atoms with Crippen LogP contribution in [0, 0.1) is 0 Å². The maximum Gasteiger partial charge on any atom is 0.326 e. The van der Waals surface area contributed by atoms with Crippen LogP contribution in [0.5, 0.6) is 0 Å². The molecule has 1 unspecified atom stereocenters. The third-order valence-electron chi connectivity index (χ3n) is 2.72. The molecule has 0 bridgehead atoms. The van der Waals surface area contributed by atoms with Crippen LogP contribution < -0.4 is 0 Å². The lowest BCUT2D eigenvalue weighted by molar-refractivity contribution is -0.140. The van der Waals surface area contributed by atoms with E-state index in [0.717, 1.165) is 44.6 Å². The number of hydrogen-bond acceptors (Lipinski definition) is 3. The Labute approximate surface area is 77.3 Å². The molecular formula is C9H14N2O2. The van der Waals surface area contributed by atoms with Crippen LogP contribution >= 0.6 is 0 Å². The average Bonchev–Trinajstić information content (AvgIpc) is 2.74. The molecule has 13 heavy (non-hydrogen) atoms. The summed E-state index contributed by atoms with van der Waals surface area (Å²) in [6, 6.07) is -0.308. The average molecular weight is 182 g/mol. The van der Waals surface area contributed by atoms with Crippen molar-refractivity contribution in [3.8, 4) is 0 Å². The molecule has 72 valence electrons. The lowest BCUT2D eigenvalue weighted by atomic mass is 10.2. The van der Waals surface area contributed by atoms with Gasteiger partial charge in [0, 0.05) is 19.5 Å². The second-order valence-corrected chi connectivity index (χ2v) is 3.59. The highest BCUT2D eigenvalue weighted by Crippen LogP contribution is 2.21. The highest BCUT2D eigenvalue weighted by atomic mass is 16.4. The summed E-state index contributed by atoms with van der Waals surface area (Å²) in [5.41, 5.74) is 0. The number of carbonyl (C=O) groups is 1. The molecule has 2 heterocycles. The fourth-order valence-electron chi connectivity index (χ4n) is 2.09. The van der Waals surface area contributed by atoms with Crippen molar-refractivity contribution < 1.29 is 9.90 Å². The van der Waals surface area contributed by atoms with Crippen molar-refractivity contribution in [2.45, 2.75) is 31.7 Å². The predicted molar refractivity (Wildman–Crippen MR) is 48.9 cm³/mol. The van der Waals surface area contributed by atoms with E-state index in [1.165, 1.54) is 0 Å². The molecule has 1 saturated heterocycles. The summed E-state index contributed by atoms with van der Waals surface area (Å²) in [4.78, 5) is 17.2. The molecule has 4 heteroatoms. The van der Waals surface area contributed by atoms with E-state index in [1.807, 2.05) is 4.90 Å². The van der Waals surface area contributed by atoms with E-state index >= 15 is 0 Å². The Balaban J connectivity index is 2.08. The van der Waals surface area contributed by atoms with E-state index in [1.54, 1.807) is 0 Å². The van der Waals surface area contributed by atoms with Gasteiger partial charge in [-0.1, -0.05) is 0 Å². The van der Waals surface area contributed by atoms with Crippen LogP contribution in [0.2, 0.25) is 0 Å². The minimum atomic E-state index is -0.702. The number of carboxylic acid groups (broad SMARTS) is 1. The highest BCUT2D eigenvalue weighted by Gasteiger charge is 2.32. The van der Waals surface area contributed by atoms with Gasteiger partial charge in [-0.05, 0) is 19.3 Å². The van der Waals surface area contributed by atoms with E-state index in [4.69, 9.17) is 5.11 Å². The van der Waals surface area contributed by atoms with Gasteiger partial charge in [0.2, 0.25) is 0 Å². The zero-order chi connectivity index (χ0) is 9.26. The molecule has 0 amide bonds. The van der Waals surface area contributed by atoms with Gasteiger partial charge in [-0.25, -0.2) is 4.79 Å². The minimum Gasteiger partial charge on any atom is -0.480 e. The van der Waals surface area contributed by atoms with Crippen LogP contribution in [0.1, 0.15) is 25.7 Å². The quantitative estimate of drug-likeness (QED) is 0.650. The van der Waals surface area contributed by atoms with Crippen molar-refractivity contribution in [3.05, 3.63) is 0 Å². The number of aliphatic imine (C=N–C) groups is 1. The molecule has 1 N–H and O–H groups in total. The summed E-state index contributed by atoms with van der Waals surface area (Å²) in [5.74, 6) is 0.317. The Morgan fingerprint density at radius 3 is 3.00 bits per heavy atom. The van der Waals surface area contributed by atoms with Gasteiger partial charge in [-0.3, -0.25) is 4.99 Å². The third-order valence-corrected chi connectivity index (χ3v) is 2.72. The van der Waals surface area contributed by atoms with Crippen LogP contribution in [0.3, 0.4) is 0 Å². The van der Waals surface area contributed by atoms with Crippen LogP contribution in [0.4, 0.5) is 0 Å². The van der Waals surface area contributed by atoms with Crippen molar-refractivity contribution in [2.24, 2.45) is 4.99 Å². The van der Waals surface area contributed by atoms with E-state index in [9.17, 15) is 4.79 Å². The molecule has 0 aromatic heterocycles. The second kappa shape index (κ2) is 3.36. The number of amidine groups is 1. The number of aliphatic carboxylic acids is 1. The topological polar surface area (TPSA) is 52.9 Å². The van der Waals surface area contributed by atoms with Crippen LogP contribution in [-0.2, 0) is 4.79 Å². The van der Waals surface area contributed by atoms with Crippen molar-refractivity contribution in [3.63, 3.8) is 0 Å². The van der Waals surface area contributed by atoms with Gasteiger partial charge >= 0.3 is 5.97 Å². The Kier molecular flexibility index (Phi) is 2.20. The molecule has 1 fully saturated rings. The molecule has 0 aliphatic carbocycles. The second-order valence-electron chi connectivity index (χ2n) is 3.59. The summed E-state index contributed by atoms with van der Waals surface area (Å²) in [6.07, 6.45) is 3.80. The molecule has 0 aromatic carbocycles. The zero-order valence-corrected chi connectivity index (χ0v) is 7.57. The monoisotopic (exact) mass is 182 g/mol. The van der Waals surface area contributed by atoms with Crippen molar-refractivity contribution >= 4 is 11.8 Å². The maximum atomic E-state index is 10.9. The van der Waals surface area contributed by atoms with Gasteiger partial charge in [0.05, 0.1) is 5.84 Å². The molecule has 4 nitrogen and oxygen atoms in total. The normalized spacial score (nSPS) is 27.8. The summed E-state index contributed by atoms with van der Waals surface area (Å²) in [6.45, 7) is 1.74.